The second-order valence-electron chi connectivity index (χ2n) is 2.36. The number of nitrogens with one attached hydrogen (secondary N) is 1. The highest BCUT2D eigenvalue weighted by Crippen LogP contribution is 2.28. The number of hydrogen-bond acceptors (Lipinski definition) is 2. The van der Waals surface area contributed by atoms with Crippen LogP contribution in [0.15, 0.2) is 0 Å². The van der Waals surface area contributed by atoms with Crippen LogP contribution in [0.1, 0.15) is 20.3 Å². The summed E-state index contributed by atoms with van der Waals surface area (Å²) in [5.41, 5.74) is 0. The van der Waals surface area contributed by atoms with Crippen LogP contribution in [0.3, 0.4) is 0 Å². The fourth-order valence-corrected chi connectivity index (χ4v) is 1.93. The Bertz CT molecular complexity index is 81.1. The Hall–Kier alpha value is 0.600. The maximum atomic E-state index is 3.45. The lowest BCUT2D eigenvalue weighted by Gasteiger charge is -2.20. The van der Waals surface area contributed by atoms with Gasteiger partial charge >= 0.3 is 0 Å². The minimum Gasteiger partial charge on any atom is -0.302 e. The minimum atomic E-state index is 0. The average Bonchev–Trinajstić information content (AvgIpc) is 2.17. The first-order valence-electron chi connectivity index (χ1n) is 3.16. The van der Waals surface area contributed by atoms with E-state index in [1.165, 1.54) is 18.7 Å². The quantitative estimate of drug-likeness (QED) is 0.640. The zero-order valence-corrected chi connectivity index (χ0v) is 7.57. The van der Waals surface area contributed by atoms with E-state index in [0.717, 1.165) is 0 Å². The summed E-state index contributed by atoms with van der Waals surface area (Å²) >= 11 is 2.03. The first-order chi connectivity index (χ1) is 3.77. The van der Waals surface area contributed by atoms with Crippen LogP contribution in [0.2, 0.25) is 0 Å². The van der Waals surface area contributed by atoms with Gasteiger partial charge in [-0.3, -0.25) is 0 Å². The Morgan fingerprint density at radius 2 is 2.33 bits per heavy atom. The highest BCUT2D eigenvalue weighted by Gasteiger charge is 2.25. The van der Waals surface area contributed by atoms with Gasteiger partial charge in [-0.05, 0) is 13.3 Å². The predicted molar refractivity (Wildman–Crippen MR) is 46.4 cm³/mol. The second-order valence-corrected chi connectivity index (χ2v) is 3.96. The maximum Gasteiger partial charge on any atom is 0.0614 e. The van der Waals surface area contributed by atoms with E-state index in [-0.39, 0.29) is 12.4 Å². The van der Waals surface area contributed by atoms with Crippen molar-refractivity contribution in [1.82, 2.24) is 5.32 Å². The molecule has 1 rings (SSSR count). The number of thioether (sulfide) groups is 1. The van der Waals surface area contributed by atoms with Crippen molar-refractivity contribution < 1.29 is 0 Å². The topological polar surface area (TPSA) is 12.0 Å². The monoisotopic (exact) mass is 167 g/mol. The third kappa shape index (κ3) is 2.36. The highest BCUT2D eigenvalue weighted by molar-refractivity contribution is 8.00. The molecule has 0 aromatic carbocycles. The van der Waals surface area contributed by atoms with Gasteiger partial charge in [0.1, 0.15) is 0 Å². The molecule has 0 saturated carbocycles. The van der Waals surface area contributed by atoms with Crippen molar-refractivity contribution in [3.63, 3.8) is 0 Å². The minimum absolute atomic E-state index is 0. The van der Waals surface area contributed by atoms with Crippen molar-refractivity contribution in [2.24, 2.45) is 0 Å². The molecule has 1 N–H and O–H groups in total. The molecule has 1 nitrogen and oxygen atoms in total. The zero-order chi connectivity index (χ0) is 6.04. The van der Waals surface area contributed by atoms with Crippen molar-refractivity contribution in [2.75, 3.05) is 12.3 Å². The van der Waals surface area contributed by atoms with Crippen LogP contribution < -0.4 is 5.32 Å². The van der Waals surface area contributed by atoms with Gasteiger partial charge in [-0.25, -0.2) is 0 Å². The molecule has 1 aliphatic rings. The lowest BCUT2D eigenvalue weighted by molar-refractivity contribution is 0.529. The smallest absolute Gasteiger partial charge is 0.0614 e. The maximum absolute atomic E-state index is 3.45. The van der Waals surface area contributed by atoms with E-state index in [9.17, 15) is 0 Å². The van der Waals surface area contributed by atoms with Crippen LogP contribution in [0.25, 0.3) is 0 Å². The van der Waals surface area contributed by atoms with Crippen LogP contribution in [-0.4, -0.2) is 17.2 Å². The Kier molecular flexibility index (Phi) is 3.94. The fourth-order valence-electron chi connectivity index (χ4n) is 0.870. The van der Waals surface area contributed by atoms with Gasteiger partial charge < -0.3 is 5.32 Å². The number of hydrogen-bond donors (Lipinski definition) is 1. The number of halogens is 1. The molecule has 0 spiro atoms. The van der Waals surface area contributed by atoms with Crippen LogP contribution in [0.4, 0.5) is 0 Å². The highest BCUT2D eigenvalue weighted by atomic mass is 35.5. The summed E-state index contributed by atoms with van der Waals surface area (Å²) < 4.78 is 0. The van der Waals surface area contributed by atoms with E-state index in [1.54, 1.807) is 0 Å². The van der Waals surface area contributed by atoms with Crippen LogP contribution >= 0.6 is 24.2 Å². The first-order valence-corrected chi connectivity index (χ1v) is 4.14. The molecule has 0 aromatic heterocycles. The number of rotatable bonds is 1. The van der Waals surface area contributed by atoms with E-state index in [0.29, 0.717) is 4.87 Å². The van der Waals surface area contributed by atoms with E-state index in [2.05, 4.69) is 19.2 Å². The van der Waals surface area contributed by atoms with Gasteiger partial charge in [0, 0.05) is 12.3 Å². The Balaban J connectivity index is 0.000000640. The standard InChI is InChI=1S/C6H13NS.ClH/c1-3-6(2)7-4-5-8-6;/h7H,3-5H2,1-2H3;1H. The van der Waals surface area contributed by atoms with Gasteiger partial charge in [0.05, 0.1) is 4.87 Å². The fraction of sp³-hybridized carbons (Fsp3) is 1.00. The van der Waals surface area contributed by atoms with Crippen LogP contribution in [-0.2, 0) is 0 Å². The molecule has 3 heteroatoms. The predicted octanol–water partition coefficient (Wildman–Crippen LogP) is 1.87. The van der Waals surface area contributed by atoms with Crippen molar-refractivity contribution in [3.8, 4) is 0 Å². The van der Waals surface area contributed by atoms with E-state index < -0.39 is 0 Å². The van der Waals surface area contributed by atoms with Gasteiger partial charge in [-0.1, -0.05) is 6.92 Å². The van der Waals surface area contributed by atoms with Crippen LogP contribution in [0.5, 0.6) is 0 Å². The van der Waals surface area contributed by atoms with Gasteiger partial charge in [-0.2, -0.15) is 0 Å². The lowest BCUT2D eigenvalue weighted by Crippen LogP contribution is -2.32. The van der Waals surface area contributed by atoms with Crippen molar-refractivity contribution >= 4 is 24.2 Å². The molecule has 0 aliphatic carbocycles. The molecule has 9 heavy (non-hydrogen) atoms. The van der Waals surface area contributed by atoms with Gasteiger partial charge in [0.2, 0.25) is 0 Å². The second kappa shape index (κ2) is 3.69. The van der Waals surface area contributed by atoms with E-state index >= 15 is 0 Å². The molecule has 0 radical (unpaired) electrons. The molecule has 0 bridgehead atoms. The molecule has 1 aliphatic heterocycles. The van der Waals surface area contributed by atoms with Crippen molar-refractivity contribution in [1.29, 1.82) is 0 Å². The van der Waals surface area contributed by atoms with Crippen molar-refractivity contribution in [3.05, 3.63) is 0 Å². The third-order valence-electron chi connectivity index (χ3n) is 1.70. The zero-order valence-electron chi connectivity index (χ0n) is 5.94. The molecule has 1 fully saturated rings. The van der Waals surface area contributed by atoms with Crippen LogP contribution in [0, 0.1) is 0 Å². The third-order valence-corrected chi connectivity index (χ3v) is 3.17. The van der Waals surface area contributed by atoms with Gasteiger partial charge in [0.15, 0.2) is 0 Å². The lowest BCUT2D eigenvalue weighted by atomic mass is 10.2. The SMILES string of the molecule is CCC1(C)NCCS1.Cl. The molecule has 1 atom stereocenters. The molecule has 1 heterocycles. The summed E-state index contributed by atoms with van der Waals surface area (Å²) in [6, 6.07) is 0. The normalized spacial score (nSPS) is 34.0. The van der Waals surface area contributed by atoms with E-state index in [4.69, 9.17) is 0 Å². The molecular weight excluding hydrogens is 154 g/mol. The summed E-state index contributed by atoms with van der Waals surface area (Å²) in [5.74, 6) is 1.28. The molecule has 1 unspecified atom stereocenters. The average molecular weight is 168 g/mol. The molecular formula is C6H14ClNS. The first kappa shape index (κ1) is 9.60. The summed E-state index contributed by atoms with van der Waals surface area (Å²) in [5, 5.41) is 3.45. The summed E-state index contributed by atoms with van der Waals surface area (Å²) in [4.78, 5) is 0.403. The Morgan fingerprint density at radius 3 is 2.56 bits per heavy atom. The molecule has 0 aromatic rings. The molecule has 56 valence electrons. The van der Waals surface area contributed by atoms with Gasteiger partial charge in [-0.15, -0.1) is 24.2 Å². The molecule has 1 saturated heterocycles. The summed E-state index contributed by atoms with van der Waals surface area (Å²) in [6.45, 7) is 5.69. The van der Waals surface area contributed by atoms with Gasteiger partial charge in [0.25, 0.3) is 0 Å². The Labute approximate surface area is 67.4 Å². The summed E-state index contributed by atoms with van der Waals surface area (Å²) in [6.07, 6.45) is 1.23. The largest absolute Gasteiger partial charge is 0.302 e. The molecule has 0 amide bonds. The Morgan fingerprint density at radius 1 is 1.67 bits per heavy atom. The van der Waals surface area contributed by atoms with Crippen molar-refractivity contribution in [2.45, 2.75) is 25.1 Å². The summed E-state index contributed by atoms with van der Waals surface area (Å²) in [7, 11) is 0. The van der Waals surface area contributed by atoms with E-state index in [1.807, 2.05) is 11.8 Å².